The summed E-state index contributed by atoms with van der Waals surface area (Å²) in [5.74, 6) is 1.32. The van der Waals surface area contributed by atoms with Crippen molar-refractivity contribution in [3.63, 3.8) is 0 Å². The van der Waals surface area contributed by atoms with Gasteiger partial charge in [0.15, 0.2) is 5.11 Å². The van der Waals surface area contributed by atoms with E-state index in [0.29, 0.717) is 22.6 Å². The zero-order valence-electron chi connectivity index (χ0n) is 14.5. The molecule has 0 unspecified atom stereocenters. The van der Waals surface area contributed by atoms with E-state index in [9.17, 15) is 0 Å². The van der Waals surface area contributed by atoms with Crippen LogP contribution in [0.1, 0.15) is 30.9 Å². The van der Waals surface area contributed by atoms with Crippen LogP contribution in [0, 0.1) is 0 Å². The molecule has 2 aromatic carbocycles. The van der Waals surface area contributed by atoms with Gasteiger partial charge in [0, 0.05) is 29.9 Å². The first-order valence-electron chi connectivity index (χ1n) is 7.85. The molecule has 0 saturated heterocycles. The van der Waals surface area contributed by atoms with Crippen LogP contribution in [0.4, 0.5) is 5.69 Å². The van der Waals surface area contributed by atoms with Crippen LogP contribution < -0.4 is 10.1 Å². The number of methoxy groups -OCH3 is 1. The first kappa shape index (κ1) is 18.6. The molecule has 0 aromatic heterocycles. The van der Waals surface area contributed by atoms with Gasteiger partial charge >= 0.3 is 0 Å². The SMILES string of the molecule is COc1ccc(Cl)cc1CN(C)C(=S)Nc1ccc(C(C)C)cc1. The summed E-state index contributed by atoms with van der Waals surface area (Å²) in [5.41, 5.74) is 3.28. The van der Waals surface area contributed by atoms with Crippen LogP contribution in [0.15, 0.2) is 42.5 Å². The summed E-state index contributed by atoms with van der Waals surface area (Å²) in [4.78, 5) is 1.96. The Bertz CT molecular complexity index is 701. The van der Waals surface area contributed by atoms with Gasteiger partial charge in [-0.3, -0.25) is 0 Å². The van der Waals surface area contributed by atoms with Crippen LogP contribution in [-0.2, 0) is 6.54 Å². The molecule has 3 nitrogen and oxygen atoms in total. The zero-order valence-corrected chi connectivity index (χ0v) is 16.0. The van der Waals surface area contributed by atoms with Crippen molar-refractivity contribution in [2.75, 3.05) is 19.5 Å². The van der Waals surface area contributed by atoms with E-state index in [-0.39, 0.29) is 0 Å². The average molecular weight is 363 g/mol. The predicted octanol–water partition coefficient (Wildman–Crippen LogP) is 5.30. The van der Waals surface area contributed by atoms with E-state index in [1.54, 1.807) is 7.11 Å². The molecule has 0 atom stereocenters. The van der Waals surface area contributed by atoms with Crippen LogP contribution in [0.25, 0.3) is 0 Å². The molecule has 0 bridgehead atoms. The van der Waals surface area contributed by atoms with Gasteiger partial charge in [-0.1, -0.05) is 37.6 Å². The summed E-state index contributed by atoms with van der Waals surface area (Å²) in [6.45, 7) is 4.97. The number of benzene rings is 2. The molecular weight excluding hydrogens is 340 g/mol. The lowest BCUT2D eigenvalue weighted by Gasteiger charge is -2.22. The second kappa shape index (κ2) is 8.36. The molecule has 2 rings (SSSR count). The maximum atomic E-state index is 6.08. The van der Waals surface area contributed by atoms with Gasteiger partial charge in [-0.2, -0.15) is 0 Å². The van der Waals surface area contributed by atoms with Crippen LogP contribution in [0.3, 0.4) is 0 Å². The second-order valence-electron chi connectivity index (χ2n) is 6.02. The fourth-order valence-electron chi connectivity index (χ4n) is 2.37. The van der Waals surface area contributed by atoms with Crippen molar-refractivity contribution in [3.8, 4) is 5.75 Å². The topological polar surface area (TPSA) is 24.5 Å². The average Bonchev–Trinajstić information content (AvgIpc) is 2.55. The predicted molar refractivity (Wildman–Crippen MR) is 106 cm³/mol. The number of halogens is 1. The molecule has 0 aliphatic carbocycles. The lowest BCUT2D eigenvalue weighted by Crippen LogP contribution is -2.30. The fourth-order valence-corrected chi connectivity index (χ4v) is 2.75. The molecule has 1 N–H and O–H groups in total. The number of hydrogen-bond donors (Lipinski definition) is 1. The van der Waals surface area contributed by atoms with Gasteiger partial charge in [0.25, 0.3) is 0 Å². The summed E-state index contributed by atoms with van der Waals surface area (Å²) < 4.78 is 5.39. The summed E-state index contributed by atoms with van der Waals surface area (Å²) in [6, 6.07) is 13.9. The first-order valence-corrected chi connectivity index (χ1v) is 8.64. The van der Waals surface area contributed by atoms with Crippen LogP contribution in [0.2, 0.25) is 5.02 Å². The van der Waals surface area contributed by atoms with Crippen molar-refractivity contribution in [1.82, 2.24) is 4.90 Å². The lowest BCUT2D eigenvalue weighted by atomic mass is 10.0. The molecule has 5 heteroatoms. The number of nitrogens with one attached hydrogen (secondary N) is 1. The highest BCUT2D eigenvalue weighted by molar-refractivity contribution is 7.80. The molecule has 0 aliphatic rings. The van der Waals surface area contributed by atoms with Gasteiger partial charge in [0.05, 0.1) is 7.11 Å². The number of rotatable bonds is 5. The van der Waals surface area contributed by atoms with E-state index in [0.717, 1.165) is 17.0 Å². The molecule has 0 spiro atoms. The van der Waals surface area contributed by atoms with E-state index < -0.39 is 0 Å². The Hall–Kier alpha value is -1.78. The Morgan fingerprint density at radius 2 is 1.88 bits per heavy atom. The van der Waals surface area contributed by atoms with Crippen LogP contribution >= 0.6 is 23.8 Å². The molecule has 0 amide bonds. The molecule has 24 heavy (non-hydrogen) atoms. The Morgan fingerprint density at radius 1 is 1.21 bits per heavy atom. The maximum absolute atomic E-state index is 6.08. The van der Waals surface area contributed by atoms with Crippen LogP contribution in [0.5, 0.6) is 5.75 Å². The van der Waals surface area contributed by atoms with Crippen LogP contribution in [-0.4, -0.2) is 24.2 Å². The van der Waals surface area contributed by atoms with E-state index in [1.165, 1.54) is 5.56 Å². The minimum atomic E-state index is 0.518. The number of ether oxygens (including phenoxy) is 1. The number of hydrogen-bond acceptors (Lipinski definition) is 2. The number of thiocarbonyl (C=S) groups is 1. The van der Waals surface area contributed by atoms with E-state index in [4.69, 9.17) is 28.6 Å². The summed E-state index contributed by atoms with van der Waals surface area (Å²) in [6.07, 6.45) is 0. The van der Waals surface area contributed by atoms with E-state index in [1.807, 2.05) is 30.1 Å². The van der Waals surface area contributed by atoms with Crippen molar-refractivity contribution < 1.29 is 4.74 Å². The minimum Gasteiger partial charge on any atom is -0.496 e. The highest BCUT2D eigenvalue weighted by Crippen LogP contribution is 2.24. The summed E-state index contributed by atoms with van der Waals surface area (Å²) >= 11 is 11.6. The third kappa shape index (κ3) is 4.86. The Balaban J connectivity index is 2.03. The van der Waals surface area contributed by atoms with E-state index >= 15 is 0 Å². The number of anilines is 1. The van der Waals surface area contributed by atoms with Crippen molar-refractivity contribution in [2.45, 2.75) is 26.3 Å². The third-order valence-electron chi connectivity index (χ3n) is 3.83. The van der Waals surface area contributed by atoms with Gasteiger partial charge in [-0.25, -0.2) is 0 Å². The Kier molecular flexibility index (Phi) is 6.46. The van der Waals surface area contributed by atoms with Crippen molar-refractivity contribution >= 4 is 34.6 Å². The standard InChI is InChI=1S/C19H23ClN2OS/c1-13(2)14-5-8-17(9-6-14)21-19(24)22(3)12-15-11-16(20)7-10-18(15)23-4/h5-11,13H,12H2,1-4H3,(H,21,24). The molecule has 128 valence electrons. The molecule has 0 saturated carbocycles. The van der Waals surface area contributed by atoms with Gasteiger partial charge in [-0.05, 0) is 54.0 Å². The smallest absolute Gasteiger partial charge is 0.173 e. The monoisotopic (exact) mass is 362 g/mol. The highest BCUT2D eigenvalue weighted by atomic mass is 35.5. The van der Waals surface area contributed by atoms with E-state index in [2.05, 4.69) is 43.4 Å². The molecule has 0 heterocycles. The molecule has 0 radical (unpaired) electrons. The van der Waals surface area contributed by atoms with Gasteiger partial charge in [-0.15, -0.1) is 0 Å². The molecular formula is C19H23ClN2OS. The second-order valence-corrected chi connectivity index (χ2v) is 6.84. The third-order valence-corrected chi connectivity index (χ3v) is 4.47. The van der Waals surface area contributed by atoms with Gasteiger partial charge < -0.3 is 15.0 Å². The summed E-state index contributed by atoms with van der Waals surface area (Å²) in [7, 11) is 3.59. The quantitative estimate of drug-likeness (QED) is 0.729. The lowest BCUT2D eigenvalue weighted by molar-refractivity contribution is 0.399. The highest BCUT2D eigenvalue weighted by Gasteiger charge is 2.10. The number of nitrogens with zero attached hydrogens (tertiary/aromatic N) is 1. The van der Waals surface area contributed by atoms with Gasteiger partial charge in [0.2, 0.25) is 0 Å². The zero-order chi connectivity index (χ0) is 17.7. The molecule has 0 fully saturated rings. The largest absolute Gasteiger partial charge is 0.496 e. The van der Waals surface area contributed by atoms with Crippen molar-refractivity contribution in [2.24, 2.45) is 0 Å². The molecule has 2 aromatic rings. The Morgan fingerprint density at radius 3 is 2.46 bits per heavy atom. The minimum absolute atomic E-state index is 0.518. The van der Waals surface area contributed by atoms with Crippen molar-refractivity contribution in [1.29, 1.82) is 0 Å². The normalized spacial score (nSPS) is 10.6. The summed E-state index contributed by atoms with van der Waals surface area (Å²) in [5, 5.41) is 4.59. The van der Waals surface area contributed by atoms with Gasteiger partial charge in [0.1, 0.15) is 5.75 Å². The maximum Gasteiger partial charge on any atom is 0.173 e. The molecule has 0 aliphatic heterocycles. The fraction of sp³-hybridized carbons (Fsp3) is 0.316. The Labute approximate surface area is 154 Å². The van der Waals surface area contributed by atoms with Crippen molar-refractivity contribution in [3.05, 3.63) is 58.6 Å². The first-order chi connectivity index (χ1) is 11.4.